The number of hydrogen-bond acceptors (Lipinski definition) is 4. The number of allylic oxidation sites excluding steroid dienone is 2. The van der Waals surface area contributed by atoms with E-state index in [1.54, 1.807) is 7.11 Å². The number of benzene rings is 3. The second-order valence-corrected chi connectivity index (χ2v) is 9.42. The van der Waals surface area contributed by atoms with Crippen LogP contribution < -0.4 is 4.74 Å². The summed E-state index contributed by atoms with van der Waals surface area (Å²) < 4.78 is 11.1. The minimum Gasteiger partial charge on any atom is -0.496 e. The maximum atomic E-state index is 12.7. The van der Waals surface area contributed by atoms with Gasteiger partial charge in [0.1, 0.15) is 5.75 Å². The zero-order chi connectivity index (χ0) is 24.9. The highest BCUT2D eigenvalue weighted by molar-refractivity contribution is 6.05. The summed E-state index contributed by atoms with van der Waals surface area (Å²) in [7, 11) is 6.00. The van der Waals surface area contributed by atoms with E-state index >= 15 is 0 Å². The van der Waals surface area contributed by atoms with E-state index < -0.39 is 0 Å². The normalized spacial score (nSPS) is 17.3. The second kappa shape index (κ2) is 10.9. The predicted octanol–water partition coefficient (Wildman–Crippen LogP) is 6.85. The number of carbonyl (C=O) groups excluding carboxylic acids is 1. The third kappa shape index (κ3) is 5.33. The number of hydrogen-bond donors (Lipinski definition) is 0. The van der Waals surface area contributed by atoms with Gasteiger partial charge in [0, 0.05) is 12.1 Å². The summed E-state index contributed by atoms with van der Waals surface area (Å²) in [4.78, 5) is 15.0. The van der Waals surface area contributed by atoms with Gasteiger partial charge in [-0.1, -0.05) is 48.5 Å². The molecule has 3 aromatic rings. The smallest absolute Gasteiger partial charge is 0.338 e. The third-order valence-corrected chi connectivity index (χ3v) is 6.76. The monoisotopic (exact) mass is 469 g/mol. The molecule has 0 spiro atoms. The van der Waals surface area contributed by atoms with E-state index in [1.807, 2.05) is 43.3 Å². The highest BCUT2D eigenvalue weighted by atomic mass is 16.5. The molecule has 4 rings (SSSR count). The Bertz CT molecular complexity index is 1290. The van der Waals surface area contributed by atoms with E-state index in [4.69, 9.17) is 9.47 Å². The SMILES string of the molecule is CCOC(=O)c1cc(C=C2CCC(CN(C)C)C(c3ccccc3OC)=C2C)cc2ccccc12. The molecule has 0 fully saturated rings. The van der Waals surface area contributed by atoms with Crippen molar-refractivity contribution in [3.05, 3.63) is 88.5 Å². The molecule has 0 saturated carbocycles. The van der Waals surface area contributed by atoms with Gasteiger partial charge in [-0.2, -0.15) is 0 Å². The molecule has 0 N–H and O–H groups in total. The Balaban J connectivity index is 1.86. The van der Waals surface area contributed by atoms with Crippen LogP contribution in [0.4, 0.5) is 0 Å². The van der Waals surface area contributed by atoms with Crippen LogP contribution in [0.25, 0.3) is 22.4 Å². The van der Waals surface area contributed by atoms with E-state index in [2.05, 4.69) is 56.3 Å². The number of esters is 1. The van der Waals surface area contributed by atoms with Gasteiger partial charge in [-0.25, -0.2) is 4.79 Å². The highest BCUT2D eigenvalue weighted by Crippen LogP contribution is 2.43. The van der Waals surface area contributed by atoms with E-state index in [0.29, 0.717) is 18.1 Å². The summed E-state index contributed by atoms with van der Waals surface area (Å²) in [6.45, 7) is 5.41. The zero-order valence-corrected chi connectivity index (χ0v) is 21.4. The van der Waals surface area contributed by atoms with Gasteiger partial charge in [0.05, 0.1) is 19.3 Å². The molecule has 0 aromatic heterocycles. The Morgan fingerprint density at radius 1 is 1.09 bits per heavy atom. The Morgan fingerprint density at radius 2 is 1.83 bits per heavy atom. The number of nitrogens with zero attached hydrogens (tertiary/aromatic N) is 1. The van der Waals surface area contributed by atoms with E-state index in [1.165, 1.54) is 16.7 Å². The summed E-state index contributed by atoms with van der Waals surface area (Å²) in [5.41, 5.74) is 6.73. The number of ether oxygens (including phenoxy) is 2. The zero-order valence-electron chi connectivity index (χ0n) is 21.4. The van der Waals surface area contributed by atoms with Crippen LogP contribution in [0.1, 0.15) is 48.2 Å². The van der Waals surface area contributed by atoms with Crippen molar-refractivity contribution in [2.45, 2.75) is 26.7 Å². The maximum Gasteiger partial charge on any atom is 0.338 e. The summed E-state index contributed by atoms with van der Waals surface area (Å²) in [6, 6.07) is 20.4. The molecule has 4 heteroatoms. The quantitative estimate of drug-likeness (QED) is 0.355. The largest absolute Gasteiger partial charge is 0.496 e. The number of carbonyl (C=O) groups is 1. The first-order chi connectivity index (χ1) is 16.9. The van der Waals surface area contributed by atoms with Crippen LogP contribution in [0.3, 0.4) is 0 Å². The van der Waals surface area contributed by atoms with Crippen molar-refractivity contribution in [3.8, 4) is 5.75 Å². The second-order valence-electron chi connectivity index (χ2n) is 9.42. The van der Waals surface area contributed by atoms with E-state index in [0.717, 1.165) is 47.0 Å². The molecule has 0 heterocycles. The topological polar surface area (TPSA) is 38.8 Å². The molecular weight excluding hydrogens is 434 g/mol. The fraction of sp³-hybridized carbons (Fsp3) is 0.323. The van der Waals surface area contributed by atoms with Gasteiger partial charge in [-0.3, -0.25) is 0 Å². The fourth-order valence-electron chi connectivity index (χ4n) is 5.23. The molecule has 1 atom stereocenters. The molecule has 182 valence electrons. The van der Waals surface area contributed by atoms with E-state index in [9.17, 15) is 4.79 Å². The first-order valence-corrected chi connectivity index (χ1v) is 12.3. The molecule has 0 amide bonds. The summed E-state index contributed by atoms with van der Waals surface area (Å²) >= 11 is 0. The van der Waals surface area contributed by atoms with Crippen molar-refractivity contribution < 1.29 is 14.3 Å². The van der Waals surface area contributed by atoms with Gasteiger partial charge in [0.25, 0.3) is 0 Å². The van der Waals surface area contributed by atoms with Crippen molar-refractivity contribution in [3.63, 3.8) is 0 Å². The molecule has 0 radical (unpaired) electrons. The lowest BCUT2D eigenvalue weighted by Crippen LogP contribution is -2.25. The predicted molar refractivity (Wildman–Crippen MR) is 145 cm³/mol. The molecule has 1 aliphatic carbocycles. The lowest BCUT2D eigenvalue weighted by molar-refractivity contribution is 0.0528. The molecular formula is C31H35NO3. The van der Waals surface area contributed by atoms with Gasteiger partial charge in [-0.15, -0.1) is 0 Å². The van der Waals surface area contributed by atoms with Crippen LogP contribution in [0.5, 0.6) is 5.75 Å². The Labute approximate surface area is 208 Å². The number of fused-ring (bicyclic) bond motifs is 1. The van der Waals surface area contributed by atoms with Crippen LogP contribution in [-0.2, 0) is 4.74 Å². The highest BCUT2D eigenvalue weighted by Gasteiger charge is 2.27. The first kappa shape index (κ1) is 24.7. The lowest BCUT2D eigenvalue weighted by Gasteiger charge is -2.32. The van der Waals surface area contributed by atoms with Gasteiger partial charge >= 0.3 is 5.97 Å². The van der Waals surface area contributed by atoms with Crippen LogP contribution in [0, 0.1) is 5.92 Å². The number of methoxy groups -OCH3 is 1. The van der Waals surface area contributed by atoms with Gasteiger partial charge in [0.2, 0.25) is 0 Å². The molecule has 3 aromatic carbocycles. The van der Waals surface area contributed by atoms with Crippen molar-refractivity contribution in [2.24, 2.45) is 5.92 Å². The fourth-order valence-corrected chi connectivity index (χ4v) is 5.23. The van der Waals surface area contributed by atoms with Gasteiger partial charge < -0.3 is 14.4 Å². The van der Waals surface area contributed by atoms with Crippen LogP contribution in [-0.4, -0.2) is 45.2 Å². The Morgan fingerprint density at radius 3 is 2.57 bits per heavy atom. The standard InChI is InChI=1S/C31H35NO3/c1-6-35-31(33)28-19-22(18-24-11-7-8-12-26(24)28)17-23-15-16-25(20-32(3)4)30(21(23)2)27-13-9-10-14-29(27)34-5/h7-14,17-19,25H,6,15-16,20H2,1-5H3. The molecule has 1 aliphatic rings. The Hall–Kier alpha value is -3.37. The first-order valence-electron chi connectivity index (χ1n) is 12.3. The number of para-hydroxylation sites is 1. The summed E-state index contributed by atoms with van der Waals surface area (Å²) in [5.74, 6) is 1.05. The molecule has 35 heavy (non-hydrogen) atoms. The van der Waals surface area contributed by atoms with Crippen molar-refractivity contribution >= 4 is 28.4 Å². The average Bonchev–Trinajstić information content (AvgIpc) is 2.85. The van der Waals surface area contributed by atoms with E-state index in [-0.39, 0.29) is 5.97 Å². The summed E-state index contributed by atoms with van der Waals surface area (Å²) in [6.07, 6.45) is 4.30. The molecule has 1 unspecified atom stereocenters. The molecule has 0 saturated heterocycles. The van der Waals surface area contributed by atoms with Gasteiger partial charge in [-0.05, 0) is 98.0 Å². The maximum absolute atomic E-state index is 12.7. The Kier molecular flexibility index (Phi) is 7.72. The third-order valence-electron chi connectivity index (χ3n) is 6.76. The van der Waals surface area contributed by atoms with Crippen molar-refractivity contribution in [1.82, 2.24) is 4.90 Å². The van der Waals surface area contributed by atoms with Gasteiger partial charge in [0.15, 0.2) is 0 Å². The molecule has 4 nitrogen and oxygen atoms in total. The summed E-state index contributed by atoms with van der Waals surface area (Å²) in [5, 5.41) is 1.96. The molecule has 0 bridgehead atoms. The van der Waals surface area contributed by atoms with Crippen molar-refractivity contribution in [2.75, 3.05) is 34.4 Å². The lowest BCUT2D eigenvalue weighted by atomic mass is 9.76. The number of rotatable bonds is 7. The van der Waals surface area contributed by atoms with Crippen molar-refractivity contribution in [1.29, 1.82) is 0 Å². The minimum atomic E-state index is -0.277. The molecule has 0 aliphatic heterocycles. The van der Waals surface area contributed by atoms with Crippen LogP contribution in [0.15, 0.2) is 71.8 Å². The van der Waals surface area contributed by atoms with Crippen LogP contribution in [0.2, 0.25) is 0 Å². The van der Waals surface area contributed by atoms with Crippen LogP contribution >= 0.6 is 0 Å². The average molecular weight is 470 g/mol. The minimum absolute atomic E-state index is 0.277.